The summed E-state index contributed by atoms with van der Waals surface area (Å²) in [5.74, 6) is 0. The van der Waals surface area contributed by atoms with Gasteiger partial charge in [-0.05, 0) is 30.6 Å². The Morgan fingerprint density at radius 3 is 2.16 bits per heavy atom. The molecular formula is C17H26N2. The van der Waals surface area contributed by atoms with Crippen molar-refractivity contribution in [3.8, 4) is 0 Å². The van der Waals surface area contributed by atoms with Gasteiger partial charge < -0.3 is 5.32 Å². The van der Waals surface area contributed by atoms with Gasteiger partial charge in [0.2, 0.25) is 0 Å². The van der Waals surface area contributed by atoms with Crippen LogP contribution in [0.2, 0.25) is 0 Å². The van der Waals surface area contributed by atoms with Crippen molar-refractivity contribution < 1.29 is 0 Å². The minimum absolute atomic E-state index is 0.897. The van der Waals surface area contributed by atoms with Crippen LogP contribution in [-0.4, -0.2) is 31.1 Å². The van der Waals surface area contributed by atoms with Gasteiger partial charge in [0, 0.05) is 19.6 Å². The summed E-state index contributed by atoms with van der Waals surface area (Å²) in [7, 11) is 0. The number of benzene rings is 1. The standard InChI is InChI=1S/C17H26N2/c1-4-13-19(14-5-2)15-17-9-7-16(8-10-17)11-12-18-6-3/h4-5,7-10,18H,1-2,6,11-15H2,3H3. The molecule has 0 aliphatic rings. The van der Waals surface area contributed by atoms with Crippen molar-refractivity contribution in [1.29, 1.82) is 0 Å². The molecule has 1 aromatic rings. The van der Waals surface area contributed by atoms with Crippen LogP contribution in [0.4, 0.5) is 0 Å². The van der Waals surface area contributed by atoms with E-state index in [1.54, 1.807) is 0 Å². The second-order valence-electron chi connectivity index (χ2n) is 4.69. The van der Waals surface area contributed by atoms with Gasteiger partial charge in [0.05, 0.1) is 0 Å². The van der Waals surface area contributed by atoms with Gasteiger partial charge in [-0.15, -0.1) is 13.2 Å². The summed E-state index contributed by atoms with van der Waals surface area (Å²) in [6.07, 6.45) is 4.97. The topological polar surface area (TPSA) is 15.3 Å². The number of rotatable bonds is 10. The zero-order valence-corrected chi connectivity index (χ0v) is 12.1. The van der Waals surface area contributed by atoms with Gasteiger partial charge in [0.25, 0.3) is 0 Å². The van der Waals surface area contributed by atoms with Crippen molar-refractivity contribution in [2.24, 2.45) is 0 Å². The summed E-state index contributed by atoms with van der Waals surface area (Å²) in [6.45, 7) is 14.6. The number of hydrogen-bond donors (Lipinski definition) is 1. The maximum absolute atomic E-state index is 3.80. The molecule has 1 N–H and O–H groups in total. The third-order valence-electron chi connectivity index (χ3n) is 3.04. The minimum atomic E-state index is 0.897. The zero-order valence-electron chi connectivity index (χ0n) is 12.1. The van der Waals surface area contributed by atoms with E-state index in [1.807, 2.05) is 12.2 Å². The van der Waals surface area contributed by atoms with Gasteiger partial charge in [0.15, 0.2) is 0 Å². The van der Waals surface area contributed by atoms with Gasteiger partial charge in [0.1, 0.15) is 0 Å². The molecule has 0 saturated carbocycles. The van der Waals surface area contributed by atoms with Crippen LogP contribution < -0.4 is 5.32 Å². The highest BCUT2D eigenvalue weighted by Crippen LogP contribution is 2.08. The predicted molar refractivity (Wildman–Crippen MR) is 84.4 cm³/mol. The molecule has 0 aliphatic heterocycles. The molecule has 0 fully saturated rings. The number of likely N-dealkylation sites (N-methyl/N-ethyl adjacent to an activating group) is 1. The van der Waals surface area contributed by atoms with E-state index in [0.29, 0.717) is 0 Å². The fourth-order valence-corrected chi connectivity index (χ4v) is 2.05. The van der Waals surface area contributed by atoms with Crippen LogP contribution in [-0.2, 0) is 13.0 Å². The maximum Gasteiger partial charge on any atom is 0.0240 e. The van der Waals surface area contributed by atoms with Crippen LogP contribution in [0, 0.1) is 0 Å². The lowest BCUT2D eigenvalue weighted by molar-refractivity contribution is 0.328. The first-order valence-electron chi connectivity index (χ1n) is 7.02. The molecule has 1 aromatic carbocycles. The van der Waals surface area contributed by atoms with Crippen LogP contribution in [0.25, 0.3) is 0 Å². The minimum Gasteiger partial charge on any atom is -0.317 e. The summed E-state index contributed by atoms with van der Waals surface area (Å²) in [4.78, 5) is 2.31. The lowest BCUT2D eigenvalue weighted by Gasteiger charge is -2.18. The lowest BCUT2D eigenvalue weighted by atomic mass is 10.1. The highest BCUT2D eigenvalue weighted by atomic mass is 15.1. The smallest absolute Gasteiger partial charge is 0.0240 e. The van der Waals surface area contributed by atoms with Gasteiger partial charge >= 0.3 is 0 Å². The first-order chi connectivity index (χ1) is 9.30. The molecule has 0 heterocycles. The molecule has 0 radical (unpaired) electrons. The molecule has 0 unspecified atom stereocenters. The monoisotopic (exact) mass is 258 g/mol. The molecule has 104 valence electrons. The summed E-state index contributed by atoms with van der Waals surface area (Å²) < 4.78 is 0. The largest absolute Gasteiger partial charge is 0.317 e. The Morgan fingerprint density at radius 1 is 1.05 bits per heavy atom. The summed E-state index contributed by atoms with van der Waals surface area (Å²) in [6, 6.07) is 8.90. The van der Waals surface area contributed by atoms with Crippen LogP contribution in [0.15, 0.2) is 49.6 Å². The normalized spacial score (nSPS) is 10.6. The molecule has 2 heteroatoms. The Bertz CT molecular complexity index is 357. The Labute approximate surface area is 117 Å². The molecular weight excluding hydrogens is 232 g/mol. The van der Waals surface area contributed by atoms with E-state index in [9.17, 15) is 0 Å². The van der Waals surface area contributed by atoms with Crippen LogP contribution in [0.1, 0.15) is 18.1 Å². The second kappa shape index (κ2) is 9.54. The second-order valence-corrected chi connectivity index (χ2v) is 4.69. The highest BCUT2D eigenvalue weighted by molar-refractivity contribution is 5.22. The number of hydrogen-bond acceptors (Lipinski definition) is 2. The van der Waals surface area contributed by atoms with Crippen molar-refractivity contribution in [3.05, 3.63) is 60.7 Å². The summed E-state index contributed by atoms with van der Waals surface area (Å²) in [5.41, 5.74) is 2.74. The van der Waals surface area contributed by atoms with E-state index in [4.69, 9.17) is 0 Å². The van der Waals surface area contributed by atoms with Crippen molar-refractivity contribution >= 4 is 0 Å². The van der Waals surface area contributed by atoms with Crippen LogP contribution in [0.5, 0.6) is 0 Å². The van der Waals surface area contributed by atoms with E-state index in [2.05, 4.69) is 54.6 Å². The van der Waals surface area contributed by atoms with E-state index < -0.39 is 0 Å². The quantitative estimate of drug-likeness (QED) is 0.512. The van der Waals surface area contributed by atoms with Crippen molar-refractivity contribution in [3.63, 3.8) is 0 Å². The van der Waals surface area contributed by atoms with Crippen molar-refractivity contribution in [2.75, 3.05) is 26.2 Å². The first kappa shape index (κ1) is 15.7. The average molecular weight is 258 g/mol. The fourth-order valence-electron chi connectivity index (χ4n) is 2.05. The average Bonchev–Trinajstić information content (AvgIpc) is 2.42. The summed E-state index contributed by atoms with van der Waals surface area (Å²) in [5, 5.41) is 3.35. The van der Waals surface area contributed by atoms with Gasteiger partial charge in [-0.2, -0.15) is 0 Å². The Morgan fingerprint density at radius 2 is 1.63 bits per heavy atom. The van der Waals surface area contributed by atoms with Crippen LogP contribution >= 0.6 is 0 Å². The van der Waals surface area contributed by atoms with E-state index >= 15 is 0 Å². The van der Waals surface area contributed by atoms with E-state index in [0.717, 1.165) is 39.1 Å². The Balaban J connectivity index is 2.49. The molecule has 0 spiro atoms. The maximum atomic E-state index is 3.80. The van der Waals surface area contributed by atoms with Gasteiger partial charge in [-0.25, -0.2) is 0 Å². The fraction of sp³-hybridized carbons (Fsp3) is 0.412. The van der Waals surface area contributed by atoms with Gasteiger partial charge in [-0.1, -0.05) is 43.3 Å². The molecule has 0 saturated heterocycles. The Hall–Kier alpha value is -1.38. The number of nitrogens with zero attached hydrogens (tertiary/aromatic N) is 1. The van der Waals surface area contributed by atoms with E-state index in [-0.39, 0.29) is 0 Å². The third kappa shape index (κ3) is 6.37. The molecule has 1 rings (SSSR count). The van der Waals surface area contributed by atoms with Crippen molar-refractivity contribution in [1.82, 2.24) is 10.2 Å². The SMILES string of the molecule is C=CCN(CC=C)Cc1ccc(CCNCC)cc1. The molecule has 2 nitrogen and oxygen atoms in total. The molecule has 0 atom stereocenters. The molecule has 0 bridgehead atoms. The summed E-state index contributed by atoms with van der Waals surface area (Å²) >= 11 is 0. The highest BCUT2D eigenvalue weighted by Gasteiger charge is 2.02. The molecule has 0 aromatic heterocycles. The molecule has 0 aliphatic carbocycles. The van der Waals surface area contributed by atoms with E-state index in [1.165, 1.54) is 11.1 Å². The number of nitrogens with one attached hydrogen (secondary N) is 1. The van der Waals surface area contributed by atoms with Crippen LogP contribution in [0.3, 0.4) is 0 Å². The molecule has 0 amide bonds. The van der Waals surface area contributed by atoms with Crippen molar-refractivity contribution in [2.45, 2.75) is 19.9 Å². The molecule has 19 heavy (non-hydrogen) atoms. The Kier molecular flexibility index (Phi) is 7.87. The first-order valence-corrected chi connectivity index (χ1v) is 7.02. The lowest BCUT2D eigenvalue weighted by Crippen LogP contribution is -2.23. The van der Waals surface area contributed by atoms with Gasteiger partial charge in [-0.3, -0.25) is 4.90 Å². The third-order valence-corrected chi connectivity index (χ3v) is 3.04. The predicted octanol–water partition coefficient (Wildman–Crippen LogP) is 3.01. The zero-order chi connectivity index (χ0) is 13.9.